The molecule has 1 aliphatic rings. The highest BCUT2D eigenvalue weighted by Crippen LogP contribution is 2.41. The van der Waals surface area contributed by atoms with E-state index in [1.807, 2.05) is 18.2 Å². The summed E-state index contributed by atoms with van der Waals surface area (Å²) >= 11 is 0. The van der Waals surface area contributed by atoms with E-state index in [2.05, 4.69) is 11.8 Å². The predicted octanol–water partition coefficient (Wildman–Crippen LogP) is 9.36. The Kier molecular flexibility index (Phi) is 18.3. The average Bonchev–Trinajstić information content (AvgIpc) is 3.08. The van der Waals surface area contributed by atoms with Gasteiger partial charge in [0.1, 0.15) is 5.82 Å². The molecule has 2 aromatic rings. The van der Waals surface area contributed by atoms with E-state index in [0.717, 1.165) is 63.7 Å². The van der Waals surface area contributed by atoms with Crippen molar-refractivity contribution < 1.29 is 28.2 Å². The number of carbonyl (C=O) groups is 2. The highest BCUT2D eigenvalue weighted by Gasteiger charge is 2.41. The number of likely N-dealkylation sites (tertiary alicyclic amines) is 1. The number of rotatable bonds is 21. The Hall–Kier alpha value is -2.64. The quantitative estimate of drug-likeness (QED) is 0.0755. The molecule has 0 saturated carbocycles. The van der Waals surface area contributed by atoms with Crippen LogP contribution in [0, 0.1) is 11.7 Å². The minimum absolute atomic E-state index is 0. The number of halogens is 2. The van der Waals surface area contributed by atoms with Crippen LogP contribution in [-0.2, 0) is 14.9 Å². The van der Waals surface area contributed by atoms with Crippen LogP contribution in [0.4, 0.5) is 4.39 Å². The van der Waals surface area contributed by atoms with Crippen molar-refractivity contribution in [2.45, 2.75) is 109 Å². The average molecular weight is 662 g/mol. The normalized spacial score (nSPS) is 15.1. The molecule has 8 heteroatoms. The van der Waals surface area contributed by atoms with Crippen molar-refractivity contribution in [2.24, 2.45) is 5.92 Å². The zero-order valence-corrected chi connectivity index (χ0v) is 29.4. The molecule has 1 aliphatic heterocycles. The van der Waals surface area contributed by atoms with E-state index in [1.54, 1.807) is 26.4 Å². The van der Waals surface area contributed by atoms with Crippen molar-refractivity contribution in [1.29, 1.82) is 0 Å². The van der Waals surface area contributed by atoms with Crippen LogP contribution in [0.15, 0.2) is 42.5 Å². The lowest BCUT2D eigenvalue weighted by molar-refractivity contribution is -0.148. The first-order valence-electron chi connectivity index (χ1n) is 17.2. The zero-order chi connectivity index (χ0) is 32.5. The van der Waals surface area contributed by atoms with Gasteiger partial charge >= 0.3 is 5.97 Å². The number of methoxy groups -OCH3 is 3. The van der Waals surface area contributed by atoms with Crippen LogP contribution in [0.3, 0.4) is 0 Å². The van der Waals surface area contributed by atoms with E-state index in [9.17, 15) is 14.0 Å². The number of piperidine rings is 1. The highest BCUT2D eigenvalue weighted by atomic mass is 35.5. The van der Waals surface area contributed by atoms with Crippen molar-refractivity contribution in [3.8, 4) is 11.5 Å². The monoisotopic (exact) mass is 661 g/mol. The van der Waals surface area contributed by atoms with E-state index < -0.39 is 5.41 Å². The molecule has 0 bridgehead atoms. The summed E-state index contributed by atoms with van der Waals surface area (Å²) in [6.45, 7) is 4.76. The summed E-state index contributed by atoms with van der Waals surface area (Å²) in [5, 5.41) is 0. The number of carbonyl (C=O) groups excluding carboxylic acids is 2. The van der Waals surface area contributed by atoms with E-state index in [-0.39, 0.29) is 35.9 Å². The van der Waals surface area contributed by atoms with Gasteiger partial charge in [0, 0.05) is 11.5 Å². The number of hydrogen-bond donors (Lipinski definition) is 0. The van der Waals surface area contributed by atoms with Gasteiger partial charge in [0.2, 0.25) is 0 Å². The van der Waals surface area contributed by atoms with Gasteiger partial charge in [0.15, 0.2) is 17.3 Å². The number of Topliss-reactive ketones (excluding diaryl/α,β-unsaturated/α-hetero) is 1. The number of ketones is 1. The molecule has 1 unspecified atom stereocenters. The number of benzene rings is 2. The minimum Gasteiger partial charge on any atom is -0.493 e. The molecule has 0 aromatic heterocycles. The second-order valence-electron chi connectivity index (χ2n) is 12.7. The van der Waals surface area contributed by atoms with Crippen molar-refractivity contribution in [3.63, 3.8) is 0 Å². The zero-order valence-electron chi connectivity index (χ0n) is 28.6. The standard InChI is InChI=1S/C38H56FNO5.ClH/c1-5-6-7-8-9-10-11-12-13-14-24-38(37(42)45-4,32-18-21-34(43-2)35(29-32)44-3)25-15-26-40-27-22-31(23-28-40)36(41)30-16-19-33(39)20-17-30;/h16-21,29,31H,5-15,22-28H2,1-4H3;1H. The minimum atomic E-state index is -0.772. The molecule has 0 amide bonds. The first kappa shape index (κ1) is 39.5. The van der Waals surface area contributed by atoms with Crippen LogP contribution in [-0.4, -0.2) is 57.6 Å². The topological polar surface area (TPSA) is 65.1 Å². The number of esters is 1. The molecule has 258 valence electrons. The number of unbranched alkanes of at least 4 members (excludes halogenated alkanes) is 9. The Balaban J connectivity index is 0.00000736. The van der Waals surface area contributed by atoms with Gasteiger partial charge in [-0.25, -0.2) is 4.39 Å². The van der Waals surface area contributed by atoms with Crippen LogP contribution in [0.2, 0.25) is 0 Å². The highest BCUT2D eigenvalue weighted by molar-refractivity contribution is 5.97. The largest absolute Gasteiger partial charge is 0.493 e. The van der Waals surface area contributed by atoms with Gasteiger partial charge in [0.25, 0.3) is 0 Å². The van der Waals surface area contributed by atoms with Crippen molar-refractivity contribution >= 4 is 24.2 Å². The predicted molar refractivity (Wildman–Crippen MR) is 186 cm³/mol. The molecule has 2 aromatic carbocycles. The molecule has 3 rings (SSSR count). The van der Waals surface area contributed by atoms with Crippen LogP contribution in [0.1, 0.15) is 119 Å². The first-order chi connectivity index (χ1) is 21.9. The van der Waals surface area contributed by atoms with Gasteiger partial charge in [-0.3, -0.25) is 9.59 Å². The van der Waals surface area contributed by atoms with Crippen molar-refractivity contribution in [3.05, 3.63) is 59.4 Å². The van der Waals surface area contributed by atoms with Gasteiger partial charge in [0.05, 0.1) is 26.7 Å². The summed E-state index contributed by atoms with van der Waals surface area (Å²) in [7, 11) is 4.72. The van der Waals surface area contributed by atoms with E-state index in [0.29, 0.717) is 23.5 Å². The second kappa shape index (κ2) is 21.3. The molecular weight excluding hydrogens is 605 g/mol. The summed E-state index contributed by atoms with van der Waals surface area (Å²) in [6.07, 6.45) is 16.2. The molecule has 1 saturated heterocycles. The molecule has 0 aliphatic carbocycles. The molecule has 46 heavy (non-hydrogen) atoms. The maximum absolute atomic E-state index is 13.7. The van der Waals surface area contributed by atoms with Crippen LogP contribution in [0.5, 0.6) is 11.5 Å². The van der Waals surface area contributed by atoms with E-state index >= 15 is 0 Å². The summed E-state index contributed by atoms with van der Waals surface area (Å²) < 4.78 is 29.9. The third kappa shape index (κ3) is 11.6. The second-order valence-corrected chi connectivity index (χ2v) is 12.7. The van der Waals surface area contributed by atoms with Crippen molar-refractivity contribution in [1.82, 2.24) is 4.90 Å². The summed E-state index contributed by atoms with van der Waals surface area (Å²) in [5.74, 6) is 0.782. The fraction of sp³-hybridized carbons (Fsp3) is 0.632. The molecule has 1 fully saturated rings. The Morgan fingerprint density at radius 2 is 1.35 bits per heavy atom. The number of nitrogens with zero attached hydrogens (tertiary/aromatic N) is 1. The van der Waals surface area contributed by atoms with E-state index in [4.69, 9.17) is 14.2 Å². The maximum Gasteiger partial charge on any atom is 0.316 e. The molecular formula is C38H57ClFNO5. The third-order valence-electron chi connectivity index (χ3n) is 9.63. The third-order valence-corrected chi connectivity index (χ3v) is 9.63. The maximum atomic E-state index is 13.7. The molecule has 0 N–H and O–H groups in total. The van der Waals surface area contributed by atoms with Crippen LogP contribution >= 0.6 is 12.4 Å². The smallest absolute Gasteiger partial charge is 0.316 e. The molecule has 1 heterocycles. The number of hydrogen-bond acceptors (Lipinski definition) is 6. The summed E-state index contributed by atoms with van der Waals surface area (Å²) in [6, 6.07) is 11.7. The summed E-state index contributed by atoms with van der Waals surface area (Å²) in [5.41, 5.74) is 0.719. The molecule has 0 radical (unpaired) electrons. The lowest BCUT2D eigenvalue weighted by Gasteiger charge is -2.35. The Morgan fingerprint density at radius 3 is 1.91 bits per heavy atom. The van der Waals surface area contributed by atoms with Gasteiger partial charge < -0.3 is 19.1 Å². The lowest BCUT2D eigenvalue weighted by Crippen LogP contribution is -2.40. The Labute approximate surface area is 283 Å². The Morgan fingerprint density at radius 1 is 0.783 bits per heavy atom. The van der Waals surface area contributed by atoms with Gasteiger partial charge in [-0.1, -0.05) is 77.2 Å². The van der Waals surface area contributed by atoms with Crippen molar-refractivity contribution in [2.75, 3.05) is 41.0 Å². The molecule has 1 atom stereocenters. The first-order valence-corrected chi connectivity index (χ1v) is 17.2. The lowest BCUT2D eigenvalue weighted by atomic mass is 9.72. The van der Waals surface area contributed by atoms with Gasteiger partial charge in [-0.2, -0.15) is 0 Å². The molecule has 0 spiro atoms. The Bertz CT molecular complexity index is 1170. The van der Waals surface area contributed by atoms with E-state index in [1.165, 1.54) is 70.6 Å². The fourth-order valence-electron chi connectivity index (χ4n) is 6.85. The molecule has 6 nitrogen and oxygen atoms in total. The number of ether oxygens (including phenoxy) is 3. The van der Waals surface area contributed by atoms with Gasteiger partial charge in [-0.05, 0) is 93.7 Å². The SMILES string of the molecule is CCCCCCCCCCCCC(CCCN1CCC(C(=O)c2ccc(F)cc2)CC1)(C(=O)OC)c1ccc(OC)c(OC)c1.Cl. The van der Waals surface area contributed by atoms with Crippen LogP contribution < -0.4 is 9.47 Å². The summed E-state index contributed by atoms with van der Waals surface area (Å²) in [4.78, 5) is 29.0. The fourth-order valence-corrected chi connectivity index (χ4v) is 6.85. The van der Waals surface area contributed by atoms with Gasteiger partial charge in [-0.15, -0.1) is 12.4 Å². The van der Waals surface area contributed by atoms with Crippen LogP contribution in [0.25, 0.3) is 0 Å².